The second-order valence-corrected chi connectivity index (χ2v) is 8.51. The lowest BCUT2D eigenvalue weighted by atomic mass is 9.86. The van der Waals surface area contributed by atoms with Gasteiger partial charge in [0.15, 0.2) is 6.10 Å². The van der Waals surface area contributed by atoms with Gasteiger partial charge >= 0.3 is 5.97 Å². The standard InChI is InChI=1S/C25H25NO5/c1-6-13-26-22(28)19-12-9-17(14-20(19)23(26)29)24(30)31-15(2)21(27)16-7-10-18(11-8-16)25(3,4)5/h6-12,14-15H,1,13H2,2-5H3/t15-/m1/s1. The first-order valence-corrected chi connectivity index (χ1v) is 10.0. The topological polar surface area (TPSA) is 80.8 Å². The van der Waals surface area contributed by atoms with Crippen LogP contribution in [0.25, 0.3) is 0 Å². The summed E-state index contributed by atoms with van der Waals surface area (Å²) in [5.74, 6) is -1.98. The number of carbonyl (C=O) groups excluding carboxylic acids is 4. The Balaban J connectivity index is 1.73. The predicted molar refractivity (Wildman–Crippen MR) is 116 cm³/mol. The number of amides is 2. The highest BCUT2D eigenvalue weighted by atomic mass is 16.5. The van der Waals surface area contributed by atoms with Gasteiger partial charge in [-0.1, -0.05) is 51.1 Å². The van der Waals surface area contributed by atoms with Crippen molar-refractivity contribution in [2.45, 2.75) is 39.2 Å². The van der Waals surface area contributed by atoms with E-state index in [4.69, 9.17) is 4.74 Å². The fourth-order valence-electron chi connectivity index (χ4n) is 3.36. The Morgan fingerprint density at radius 3 is 2.16 bits per heavy atom. The average molecular weight is 419 g/mol. The number of hydrogen-bond acceptors (Lipinski definition) is 5. The first kappa shape index (κ1) is 22.2. The van der Waals surface area contributed by atoms with Gasteiger partial charge in [-0.25, -0.2) is 4.79 Å². The molecule has 2 aromatic rings. The third-order valence-electron chi connectivity index (χ3n) is 5.21. The Hall–Kier alpha value is -3.54. The molecule has 1 aliphatic heterocycles. The van der Waals surface area contributed by atoms with Gasteiger partial charge in [0.25, 0.3) is 11.8 Å². The molecule has 6 nitrogen and oxygen atoms in total. The van der Waals surface area contributed by atoms with Crippen molar-refractivity contribution in [3.63, 3.8) is 0 Å². The molecule has 160 valence electrons. The van der Waals surface area contributed by atoms with Gasteiger partial charge in [0.05, 0.1) is 16.7 Å². The molecule has 1 aliphatic rings. The van der Waals surface area contributed by atoms with Gasteiger partial charge in [0.1, 0.15) is 0 Å². The van der Waals surface area contributed by atoms with E-state index >= 15 is 0 Å². The largest absolute Gasteiger partial charge is 0.451 e. The number of fused-ring (bicyclic) bond motifs is 1. The van der Waals surface area contributed by atoms with Crippen molar-refractivity contribution in [2.24, 2.45) is 0 Å². The summed E-state index contributed by atoms with van der Waals surface area (Å²) in [6.07, 6.45) is 0.453. The molecule has 6 heteroatoms. The van der Waals surface area contributed by atoms with Crippen molar-refractivity contribution >= 4 is 23.6 Å². The van der Waals surface area contributed by atoms with Crippen LogP contribution in [-0.2, 0) is 10.2 Å². The Labute approximate surface area is 181 Å². The van der Waals surface area contributed by atoms with Crippen LogP contribution in [0.2, 0.25) is 0 Å². The van der Waals surface area contributed by atoms with E-state index in [0.29, 0.717) is 5.56 Å². The smallest absolute Gasteiger partial charge is 0.338 e. The summed E-state index contributed by atoms with van der Waals surface area (Å²) in [6.45, 7) is 11.4. The number of hydrogen-bond donors (Lipinski definition) is 0. The monoisotopic (exact) mass is 419 g/mol. The van der Waals surface area contributed by atoms with E-state index < -0.39 is 23.9 Å². The summed E-state index contributed by atoms with van der Waals surface area (Å²) in [5, 5.41) is 0. The van der Waals surface area contributed by atoms with Crippen molar-refractivity contribution < 1.29 is 23.9 Å². The number of esters is 1. The van der Waals surface area contributed by atoms with Crippen LogP contribution in [0.3, 0.4) is 0 Å². The molecule has 3 rings (SSSR count). The van der Waals surface area contributed by atoms with Crippen LogP contribution in [0.1, 0.15) is 74.7 Å². The highest BCUT2D eigenvalue weighted by Gasteiger charge is 2.35. The van der Waals surface area contributed by atoms with Crippen LogP contribution in [0.15, 0.2) is 55.1 Å². The van der Waals surface area contributed by atoms with E-state index in [1.165, 1.54) is 31.2 Å². The van der Waals surface area contributed by atoms with Gasteiger partial charge in [-0.15, -0.1) is 6.58 Å². The maximum Gasteiger partial charge on any atom is 0.338 e. The zero-order valence-corrected chi connectivity index (χ0v) is 18.1. The highest BCUT2D eigenvalue weighted by molar-refractivity contribution is 6.22. The summed E-state index contributed by atoms with van der Waals surface area (Å²) in [5.41, 5.74) is 1.97. The van der Waals surface area contributed by atoms with Crippen molar-refractivity contribution in [3.8, 4) is 0 Å². The molecule has 1 atom stereocenters. The molecule has 2 amide bonds. The second kappa shape index (κ2) is 8.30. The Morgan fingerprint density at radius 2 is 1.58 bits per heavy atom. The van der Waals surface area contributed by atoms with Crippen molar-refractivity contribution in [1.82, 2.24) is 4.90 Å². The molecule has 0 saturated carbocycles. The molecule has 0 aromatic heterocycles. The van der Waals surface area contributed by atoms with Crippen molar-refractivity contribution in [3.05, 3.63) is 82.9 Å². The van der Waals surface area contributed by atoms with Crippen molar-refractivity contribution in [1.29, 1.82) is 0 Å². The fraction of sp³-hybridized carbons (Fsp3) is 0.280. The summed E-state index contributed by atoms with van der Waals surface area (Å²) in [7, 11) is 0. The van der Waals surface area contributed by atoms with Crippen LogP contribution in [0.4, 0.5) is 0 Å². The van der Waals surface area contributed by atoms with Gasteiger partial charge in [0, 0.05) is 12.1 Å². The minimum atomic E-state index is -1.00. The van der Waals surface area contributed by atoms with Gasteiger partial charge in [-0.05, 0) is 36.1 Å². The molecule has 0 fully saturated rings. The molecule has 0 aliphatic carbocycles. The third-order valence-corrected chi connectivity index (χ3v) is 5.21. The van der Waals surface area contributed by atoms with Crippen LogP contribution in [0, 0.1) is 0 Å². The highest BCUT2D eigenvalue weighted by Crippen LogP contribution is 2.25. The van der Waals surface area contributed by atoms with E-state index in [2.05, 4.69) is 27.4 Å². The number of Topliss-reactive ketones (excluding diaryl/α,β-unsaturated/α-hetero) is 1. The molecular weight excluding hydrogens is 394 g/mol. The molecule has 0 radical (unpaired) electrons. The predicted octanol–water partition coefficient (Wildman–Crippen LogP) is 4.19. The Kier molecular flexibility index (Phi) is 5.93. The molecule has 0 N–H and O–H groups in total. The number of ether oxygens (including phenoxy) is 1. The number of nitrogens with zero attached hydrogens (tertiary/aromatic N) is 1. The van der Waals surface area contributed by atoms with Crippen LogP contribution in [-0.4, -0.2) is 41.1 Å². The first-order chi connectivity index (χ1) is 14.5. The van der Waals surface area contributed by atoms with E-state index in [1.807, 2.05) is 12.1 Å². The second-order valence-electron chi connectivity index (χ2n) is 8.51. The normalized spacial score (nSPS) is 14.3. The number of ketones is 1. The van der Waals surface area contributed by atoms with Gasteiger partial charge < -0.3 is 4.74 Å². The van der Waals surface area contributed by atoms with E-state index in [1.54, 1.807) is 12.1 Å². The van der Waals surface area contributed by atoms with E-state index in [0.717, 1.165) is 10.5 Å². The van der Waals surface area contributed by atoms with E-state index in [-0.39, 0.29) is 34.4 Å². The maximum absolute atomic E-state index is 12.7. The molecular formula is C25H25NO5. The molecule has 0 unspecified atom stereocenters. The number of rotatable bonds is 6. The van der Waals surface area contributed by atoms with Gasteiger partial charge in [-0.3, -0.25) is 19.3 Å². The number of imide groups is 1. The molecule has 2 aromatic carbocycles. The zero-order valence-electron chi connectivity index (χ0n) is 18.1. The number of carbonyl (C=O) groups is 4. The summed E-state index contributed by atoms with van der Waals surface area (Å²) >= 11 is 0. The summed E-state index contributed by atoms with van der Waals surface area (Å²) in [4.78, 5) is 51.0. The lowest BCUT2D eigenvalue weighted by Gasteiger charge is -2.19. The lowest BCUT2D eigenvalue weighted by molar-refractivity contribution is 0.0318. The SMILES string of the molecule is C=CCN1C(=O)c2ccc(C(=O)O[C@H](C)C(=O)c3ccc(C(C)(C)C)cc3)cc2C1=O. The third kappa shape index (κ3) is 4.33. The first-order valence-electron chi connectivity index (χ1n) is 10.0. The van der Waals surface area contributed by atoms with Crippen LogP contribution < -0.4 is 0 Å². The van der Waals surface area contributed by atoms with Crippen LogP contribution in [0.5, 0.6) is 0 Å². The lowest BCUT2D eigenvalue weighted by Crippen LogP contribution is -2.29. The fourth-order valence-corrected chi connectivity index (χ4v) is 3.36. The molecule has 0 spiro atoms. The minimum absolute atomic E-state index is 0.0344. The average Bonchev–Trinajstić information content (AvgIpc) is 2.97. The minimum Gasteiger partial charge on any atom is -0.451 e. The summed E-state index contributed by atoms with van der Waals surface area (Å²) in [6, 6.07) is 11.4. The van der Waals surface area contributed by atoms with Gasteiger partial charge in [0.2, 0.25) is 5.78 Å². The quantitative estimate of drug-likeness (QED) is 0.303. The summed E-state index contributed by atoms with van der Waals surface area (Å²) < 4.78 is 5.33. The Bertz CT molecular complexity index is 1080. The van der Waals surface area contributed by atoms with Crippen LogP contribution >= 0.6 is 0 Å². The van der Waals surface area contributed by atoms with Crippen molar-refractivity contribution in [2.75, 3.05) is 6.54 Å². The number of benzene rings is 2. The zero-order chi connectivity index (χ0) is 22.9. The molecule has 1 heterocycles. The molecule has 31 heavy (non-hydrogen) atoms. The van der Waals surface area contributed by atoms with E-state index in [9.17, 15) is 19.2 Å². The Morgan fingerprint density at radius 1 is 1.00 bits per heavy atom. The maximum atomic E-state index is 12.7. The van der Waals surface area contributed by atoms with Gasteiger partial charge in [-0.2, -0.15) is 0 Å². The molecule has 0 saturated heterocycles. The molecule has 0 bridgehead atoms.